The van der Waals surface area contributed by atoms with Crippen LogP contribution in [0.15, 0.2) is 0 Å². The Labute approximate surface area is 124 Å². The summed E-state index contributed by atoms with van der Waals surface area (Å²) in [6, 6.07) is 0.586. The maximum atomic E-state index is 12.3. The van der Waals surface area contributed by atoms with Crippen LogP contribution in [0, 0.1) is 5.41 Å². The first-order valence-corrected chi connectivity index (χ1v) is 7.57. The van der Waals surface area contributed by atoms with Gasteiger partial charge in [0.05, 0.1) is 0 Å². The molecule has 1 saturated carbocycles. The quantitative estimate of drug-likeness (QED) is 0.860. The van der Waals surface area contributed by atoms with E-state index in [0.29, 0.717) is 18.0 Å². The van der Waals surface area contributed by atoms with E-state index >= 15 is 0 Å². The van der Waals surface area contributed by atoms with Crippen molar-refractivity contribution in [1.29, 1.82) is 0 Å². The summed E-state index contributed by atoms with van der Waals surface area (Å²) < 4.78 is 5.50. The van der Waals surface area contributed by atoms with Gasteiger partial charge in [0, 0.05) is 24.7 Å². The highest BCUT2D eigenvalue weighted by atomic mass is 16.6. The van der Waals surface area contributed by atoms with Gasteiger partial charge in [0.1, 0.15) is 5.60 Å². The Morgan fingerprint density at radius 2 is 1.75 bits per heavy atom. The summed E-state index contributed by atoms with van der Waals surface area (Å²) in [4.78, 5) is 14.1. The standard InChI is InChI=1S/C16H32N2O2/c1-14(2,3)18(13(19)20-15(4,5)6)10-9-17-12-11-16(12,7)8/h12,17H,9-11H2,1-8H3. The molecule has 1 atom stereocenters. The Kier molecular flexibility index (Phi) is 4.79. The zero-order valence-corrected chi connectivity index (χ0v) is 14.5. The summed E-state index contributed by atoms with van der Waals surface area (Å²) in [6.45, 7) is 17.8. The Morgan fingerprint density at radius 1 is 1.25 bits per heavy atom. The van der Waals surface area contributed by atoms with Crippen molar-refractivity contribution in [1.82, 2.24) is 10.2 Å². The molecule has 0 heterocycles. The summed E-state index contributed by atoms with van der Waals surface area (Å²) >= 11 is 0. The van der Waals surface area contributed by atoms with Crippen molar-refractivity contribution in [3.63, 3.8) is 0 Å². The molecule has 1 amide bonds. The van der Waals surface area contributed by atoms with Crippen LogP contribution in [-0.2, 0) is 4.74 Å². The minimum Gasteiger partial charge on any atom is -0.444 e. The molecule has 4 nitrogen and oxygen atoms in total. The molecule has 0 aromatic heterocycles. The first-order chi connectivity index (χ1) is 8.83. The molecule has 1 aliphatic rings. The number of rotatable bonds is 4. The molecule has 1 rings (SSSR count). The van der Waals surface area contributed by atoms with Gasteiger partial charge in [-0.25, -0.2) is 4.79 Å². The van der Waals surface area contributed by atoms with Crippen molar-refractivity contribution in [2.75, 3.05) is 13.1 Å². The fourth-order valence-electron chi connectivity index (χ4n) is 2.18. The van der Waals surface area contributed by atoms with Crippen molar-refractivity contribution in [3.8, 4) is 0 Å². The first kappa shape index (κ1) is 17.3. The average Bonchev–Trinajstić information content (AvgIpc) is 2.76. The molecular formula is C16H32N2O2. The summed E-state index contributed by atoms with van der Waals surface area (Å²) in [6.07, 6.45) is 0.983. The predicted molar refractivity (Wildman–Crippen MR) is 82.9 cm³/mol. The van der Waals surface area contributed by atoms with E-state index < -0.39 is 5.60 Å². The summed E-state index contributed by atoms with van der Waals surface area (Å²) in [7, 11) is 0. The van der Waals surface area contributed by atoms with Crippen molar-refractivity contribution in [2.45, 2.75) is 79.0 Å². The highest BCUT2D eigenvalue weighted by Gasteiger charge is 2.45. The van der Waals surface area contributed by atoms with Gasteiger partial charge in [0.25, 0.3) is 0 Å². The van der Waals surface area contributed by atoms with Crippen molar-refractivity contribution in [2.24, 2.45) is 5.41 Å². The minimum atomic E-state index is -0.452. The molecule has 1 fully saturated rings. The third-order valence-electron chi connectivity index (χ3n) is 3.66. The van der Waals surface area contributed by atoms with Crippen molar-refractivity contribution in [3.05, 3.63) is 0 Å². The molecule has 1 N–H and O–H groups in total. The number of ether oxygens (including phenoxy) is 1. The third kappa shape index (κ3) is 5.31. The topological polar surface area (TPSA) is 41.6 Å². The van der Waals surface area contributed by atoms with E-state index in [1.807, 2.05) is 41.5 Å². The Morgan fingerprint density at radius 3 is 2.10 bits per heavy atom. The molecule has 0 saturated heterocycles. The second-order valence-corrected chi connectivity index (χ2v) is 8.50. The van der Waals surface area contributed by atoms with E-state index in [1.165, 1.54) is 6.42 Å². The van der Waals surface area contributed by atoms with Gasteiger partial charge in [-0.1, -0.05) is 13.8 Å². The molecule has 0 aromatic carbocycles. The van der Waals surface area contributed by atoms with Gasteiger partial charge in [0.15, 0.2) is 0 Å². The van der Waals surface area contributed by atoms with E-state index in [9.17, 15) is 4.79 Å². The van der Waals surface area contributed by atoms with Gasteiger partial charge in [-0.3, -0.25) is 0 Å². The summed E-state index contributed by atoms with van der Waals surface area (Å²) in [5, 5.41) is 3.52. The molecular weight excluding hydrogens is 252 g/mol. The molecule has 0 bridgehead atoms. The van der Waals surface area contributed by atoms with E-state index in [-0.39, 0.29) is 11.6 Å². The second-order valence-electron chi connectivity index (χ2n) is 8.50. The maximum Gasteiger partial charge on any atom is 0.410 e. The van der Waals surface area contributed by atoms with Gasteiger partial charge < -0.3 is 15.0 Å². The van der Waals surface area contributed by atoms with E-state index in [0.717, 1.165) is 6.54 Å². The number of hydrogen-bond donors (Lipinski definition) is 1. The fraction of sp³-hybridized carbons (Fsp3) is 0.938. The fourth-order valence-corrected chi connectivity index (χ4v) is 2.18. The molecule has 4 heteroatoms. The Hall–Kier alpha value is -0.770. The van der Waals surface area contributed by atoms with Gasteiger partial charge in [0.2, 0.25) is 0 Å². The lowest BCUT2D eigenvalue weighted by atomic mass is 10.1. The number of nitrogens with zero attached hydrogens (tertiary/aromatic N) is 1. The molecule has 0 spiro atoms. The lowest BCUT2D eigenvalue weighted by Crippen LogP contribution is -2.50. The van der Waals surface area contributed by atoms with Crippen LogP contribution in [0.4, 0.5) is 4.79 Å². The highest BCUT2D eigenvalue weighted by molar-refractivity contribution is 5.69. The average molecular weight is 284 g/mol. The monoisotopic (exact) mass is 284 g/mol. The number of hydrogen-bond acceptors (Lipinski definition) is 3. The van der Waals surface area contributed by atoms with Crippen LogP contribution >= 0.6 is 0 Å². The van der Waals surface area contributed by atoms with E-state index in [1.54, 1.807) is 4.90 Å². The molecule has 1 unspecified atom stereocenters. The normalized spacial score (nSPS) is 21.5. The van der Waals surface area contributed by atoms with Crippen LogP contribution < -0.4 is 5.32 Å². The van der Waals surface area contributed by atoms with Crippen LogP contribution in [0.2, 0.25) is 0 Å². The molecule has 20 heavy (non-hydrogen) atoms. The molecule has 118 valence electrons. The first-order valence-electron chi connectivity index (χ1n) is 7.57. The molecule has 0 aromatic rings. The van der Waals surface area contributed by atoms with E-state index in [2.05, 4.69) is 19.2 Å². The van der Waals surface area contributed by atoms with E-state index in [4.69, 9.17) is 4.74 Å². The largest absolute Gasteiger partial charge is 0.444 e. The zero-order chi connectivity index (χ0) is 15.8. The van der Waals surface area contributed by atoms with Crippen LogP contribution in [0.25, 0.3) is 0 Å². The van der Waals surface area contributed by atoms with Crippen LogP contribution in [0.3, 0.4) is 0 Å². The van der Waals surface area contributed by atoms with Crippen LogP contribution in [0.5, 0.6) is 0 Å². The molecule has 0 radical (unpaired) electrons. The van der Waals surface area contributed by atoms with Crippen LogP contribution in [0.1, 0.15) is 61.8 Å². The lowest BCUT2D eigenvalue weighted by molar-refractivity contribution is 0.00659. The second kappa shape index (κ2) is 5.55. The number of amides is 1. The smallest absolute Gasteiger partial charge is 0.410 e. The predicted octanol–water partition coefficient (Wildman–Crippen LogP) is 3.41. The lowest BCUT2D eigenvalue weighted by Gasteiger charge is -2.37. The third-order valence-corrected chi connectivity index (χ3v) is 3.66. The number of carbonyl (C=O) groups is 1. The Balaban J connectivity index is 2.51. The molecule has 0 aliphatic heterocycles. The Bertz CT molecular complexity index is 350. The van der Waals surface area contributed by atoms with Crippen molar-refractivity contribution >= 4 is 6.09 Å². The van der Waals surface area contributed by atoms with Gasteiger partial charge in [-0.05, 0) is 53.4 Å². The SMILES string of the molecule is CC(C)(C)OC(=O)N(CCNC1CC1(C)C)C(C)(C)C. The van der Waals surface area contributed by atoms with Gasteiger partial charge in [-0.2, -0.15) is 0 Å². The highest BCUT2D eigenvalue weighted by Crippen LogP contribution is 2.44. The molecule has 1 aliphatic carbocycles. The van der Waals surface area contributed by atoms with Gasteiger partial charge >= 0.3 is 6.09 Å². The summed E-state index contributed by atoms with van der Waals surface area (Å²) in [5.41, 5.74) is -0.270. The summed E-state index contributed by atoms with van der Waals surface area (Å²) in [5.74, 6) is 0. The zero-order valence-electron chi connectivity index (χ0n) is 14.5. The van der Waals surface area contributed by atoms with Crippen molar-refractivity contribution < 1.29 is 9.53 Å². The minimum absolute atomic E-state index is 0.233. The number of nitrogens with one attached hydrogen (secondary N) is 1. The van der Waals surface area contributed by atoms with Crippen LogP contribution in [-0.4, -0.2) is 41.3 Å². The maximum absolute atomic E-state index is 12.3. The van der Waals surface area contributed by atoms with Gasteiger partial charge in [-0.15, -0.1) is 0 Å². The number of carbonyl (C=O) groups excluding carboxylic acids is 1.